The average molecular weight is 385 g/mol. The Hall–Kier alpha value is -2.47. The highest BCUT2D eigenvalue weighted by Gasteiger charge is 2.04. The number of hydrogen-bond donors (Lipinski definition) is 3. The highest BCUT2D eigenvalue weighted by molar-refractivity contribution is 7.98. The zero-order valence-electron chi connectivity index (χ0n) is 16.4. The summed E-state index contributed by atoms with van der Waals surface area (Å²) in [6, 6.07) is 14.2. The molecule has 0 saturated carbocycles. The smallest absolute Gasteiger partial charge is 0.221 e. The van der Waals surface area contributed by atoms with Gasteiger partial charge in [0, 0.05) is 30.6 Å². The summed E-state index contributed by atoms with van der Waals surface area (Å²) in [5, 5.41) is 9.49. The summed E-state index contributed by atoms with van der Waals surface area (Å²) in [6.07, 6.45) is 2.10. The Kier molecular flexibility index (Phi) is 8.20. The van der Waals surface area contributed by atoms with Gasteiger partial charge in [0.1, 0.15) is 0 Å². The summed E-state index contributed by atoms with van der Waals surface area (Å²) in [4.78, 5) is 17.2. The van der Waals surface area contributed by atoms with Crippen LogP contribution in [0.15, 0.2) is 52.4 Å². The first-order valence-electron chi connectivity index (χ1n) is 9.04. The number of thioether (sulfide) groups is 1. The number of rotatable bonds is 7. The number of amides is 1. The fraction of sp³-hybridized carbons (Fsp3) is 0.333. The van der Waals surface area contributed by atoms with Gasteiger partial charge < -0.3 is 16.0 Å². The van der Waals surface area contributed by atoms with Crippen molar-refractivity contribution in [2.24, 2.45) is 4.99 Å². The van der Waals surface area contributed by atoms with Crippen molar-refractivity contribution in [3.63, 3.8) is 0 Å². The predicted molar refractivity (Wildman–Crippen MR) is 115 cm³/mol. The Morgan fingerprint density at radius 1 is 1.15 bits per heavy atom. The number of guanidine groups is 1. The molecule has 0 aromatic heterocycles. The second kappa shape index (κ2) is 10.6. The minimum atomic E-state index is -0.0756. The molecule has 0 spiro atoms. The maximum atomic E-state index is 11.2. The van der Waals surface area contributed by atoms with Crippen molar-refractivity contribution in [2.45, 2.75) is 38.8 Å². The molecule has 0 unspecified atom stereocenters. The van der Waals surface area contributed by atoms with Crippen molar-refractivity contribution in [1.82, 2.24) is 10.6 Å². The van der Waals surface area contributed by atoms with E-state index in [1.165, 1.54) is 22.9 Å². The molecule has 2 aromatic carbocycles. The van der Waals surface area contributed by atoms with Crippen molar-refractivity contribution in [3.05, 3.63) is 59.2 Å². The lowest BCUT2D eigenvalue weighted by molar-refractivity contribution is -0.114. The van der Waals surface area contributed by atoms with E-state index >= 15 is 0 Å². The molecule has 0 aliphatic carbocycles. The van der Waals surface area contributed by atoms with Crippen LogP contribution in [0.25, 0.3) is 0 Å². The molecule has 0 heterocycles. The largest absolute Gasteiger partial charge is 0.357 e. The van der Waals surface area contributed by atoms with Gasteiger partial charge in [-0.15, -0.1) is 11.8 Å². The number of aryl methyl sites for hydroxylation is 1. The third-order valence-electron chi connectivity index (χ3n) is 3.90. The molecule has 2 rings (SSSR count). The topological polar surface area (TPSA) is 65.5 Å². The number of aliphatic imine (C=N–C) groups is 1. The fourth-order valence-corrected chi connectivity index (χ4v) is 3.35. The SMILES string of the molecule is CCNC(=NCc1cccc(NC(C)=O)c1)NCc1ccc(C)cc1SC. The lowest BCUT2D eigenvalue weighted by atomic mass is 10.1. The second-order valence-electron chi connectivity index (χ2n) is 6.25. The van der Waals surface area contributed by atoms with Crippen LogP contribution in [0.4, 0.5) is 5.69 Å². The van der Waals surface area contributed by atoms with Gasteiger partial charge in [0.2, 0.25) is 5.91 Å². The van der Waals surface area contributed by atoms with Crippen LogP contribution in [-0.2, 0) is 17.9 Å². The molecule has 0 atom stereocenters. The van der Waals surface area contributed by atoms with Crippen LogP contribution >= 0.6 is 11.8 Å². The normalized spacial score (nSPS) is 11.2. The van der Waals surface area contributed by atoms with Crippen molar-refractivity contribution in [2.75, 3.05) is 18.1 Å². The minimum absolute atomic E-state index is 0.0756. The molecule has 27 heavy (non-hydrogen) atoms. The third-order valence-corrected chi connectivity index (χ3v) is 4.72. The highest BCUT2D eigenvalue weighted by atomic mass is 32.2. The molecular formula is C21H28N4OS. The number of nitrogens with one attached hydrogen (secondary N) is 3. The molecule has 6 heteroatoms. The van der Waals surface area contributed by atoms with E-state index in [0.29, 0.717) is 13.1 Å². The van der Waals surface area contributed by atoms with Gasteiger partial charge in [0.15, 0.2) is 5.96 Å². The van der Waals surface area contributed by atoms with Crippen molar-refractivity contribution in [1.29, 1.82) is 0 Å². The van der Waals surface area contributed by atoms with E-state index in [1.54, 1.807) is 11.8 Å². The van der Waals surface area contributed by atoms with E-state index in [-0.39, 0.29) is 5.91 Å². The summed E-state index contributed by atoms with van der Waals surface area (Å²) in [5.74, 6) is 0.698. The molecule has 1 amide bonds. The van der Waals surface area contributed by atoms with E-state index in [9.17, 15) is 4.79 Å². The summed E-state index contributed by atoms with van der Waals surface area (Å²) in [5.41, 5.74) is 4.35. The first kappa shape index (κ1) is 20.8. The van der Waals surface area contributed by atoms with Crippen LogP contribution in [0, 0.1) is 6.92 Å². The zero-order valence-corrected chi connectivity index (χ0v) is 17.2. The van der Waals surface area contributed by atoms with Crippen LogP contribution < -0.4 is 16.0 Å². The second-order valence-corrected chi connectivity index (χ2v) is 7.09. The van der Waals surface area contributed by atoms with E-state index in [4.69, 9.17) is 0 Å². The molecule has 2 aromatic rings. The number of carbonyl (C=O) groups is 1. The highest BCUT2D eigenvalue weighted by Crippen LogP contribution is 2.21. The summed E-state index contributed by atoms with van der Waals surface area (Å²) >= 11 is 1.76. The predicted octanol–water partition coefficient (Wildman–Crippen LogP) is 3.93. The van der Waals surface area contributed by atoms with Gasteiger partial charge in [-0.1, -0.05) is 24.3 Å². The van der Waals surface area contributed by atoms with E-state index in [2.05, 4.69) is 52.3 Å². The van der Waals surface area contributed by atoms with Crippen LogP contribution in [0.3, 0.4) is 0 Å². The minimum Gasteiger partial charge on any atom is -0.357 e. The monoisotopic (exact) mass is 384 g/mol. The van der Waals surface area contributed by atoms with E-state index in [0.717, 1.165) is 23.8 Å². The number of carbonyl (C=O) groups excluding carboxylic acids is 1. The third kappa shape index (κ3) is 6.98. The number of benzene rings is 2. The molecule has 144 valence electrons. The molecule has 5 nitrogen and oxygen atoms in total. The quantitative estimate of drug-likeness (QED) is 0.384. The number of nitrogens with zero attached hydrogens (tertiary/aromatic N) is 1. The summed E-state index contributed by atoms with van der Waals surface area (Å²) in [6.45, 7) is 7.71. The van der Waals surface area contributed by atoms with Crippen molar-refractivity contribution >= 4 is 29.3 Å². The Labute approximate surface area is 166 Å². The first-order valence-corrected chi connectivity index (χ1v) is 10.3. The Balaban J connectivity index is 2.05. The Morgan fingerprint density at radius 2 is 1.96 bits per heavy atom. The Morgan fingerprint density at radius 3 is 2.67 bits per heavy atom. The molecule has 0 saturated heterocycles. The average Bonchev–Trinajstić information content (AvgIpc) is 2.64. The first-order chi connectivity index (χ1) is 13.0. The van der Waals surface area contributed by atoms with Crippen LogP contribution in [0.2, 0.25) is 0 Å². The van der Waals surface area contributed by atoms with Gasteiger partial charge in [0.25, 0.3) is 0 Å². The number of anilines is 1. The van der Waals surface area contributed by atoms with Gasteiger partial charge in [-0.3, -0.25) is 4.79 Å². The number of hydrogen-bond acceptors (Lipinski definition) is 3. The summed E-state index contributed by atoms with van der Waals surface area (Å²) < 4.78 is 0. The van der Waals surface area contributed by atoms with Gasteiger partial charge in [-0.05, 0) is 55.0 Å². The summed E-state index contributed by atoms with van der Waals surface area (Å²) in [7, 11) is 0. The molecule has 3 N–H and O–H groups in total. The van der Waals surface area contributed by atoms with Gasteiger partial charge >= 0.3 is 0 Å². The zero-order chi connectivity index (χ0) is 19.6. The van der Waals surface area contributed by atoms with Gasteiger partial charge in [-0.2, -0.15) is 0 Å². The van der Waals surface area contributed by atoms with Crippen LogP contribution in [0.5, 0.6) is 0 Å². The lowest BCUT2D eigenvalue weighted by Gasteiger charge is -2.14. The Bertz CT molecular complexity index is 805. The molecular weight excluding hydrogens is 356 g/mol. The van der Waals surface area contributed by atoms with Crippen LogP contribution in [0.1, 0.15) is 30.5 Å². The van der Waals surface area contributed by atoms with Crippen LogP contribution in [-0.4, -0.2) is 24.7 Å². The van der Waals surface area contributed by atoms with Gasteiger partial charge in [-0.25, -0.2) is 4.99 Å². The van der Waals surface area contributed by atoms with Crippen molar-refractivity contribution < 1.29 is 4.79 Å². The van der Waals surface area contributed by atoms with E-state index < -0.39 is 0 Å². The van der Waals surface area contributed by atoms with Gasteiger partial charge in [0.05, 0.1) is 6.54 Å². The molecule has 0 fully saturated rings. The lowest BCUT2D eigenvalue weighted by Crippen LogP contribution is -2.36. The maximum Gasteiger partial charge on any atom is 0.221 e. The van der Waals surface area contributed by atoms with E-state index in [1.807, 2.05) is 31.2 Å². The maximum absolute atomic E-state index is 11.2. The molecule has 0 bridgehead atoms. The molecule has 0 aliphatic heterocycles. The fourth-order valence-electron chi connectivity index (χ4n) is 2.64. The molecule has 0 radical (unpaired) electrons. The standard InChI is InChI=1S/C21H28N4OS/c1-5-22-21(24-14-18-10-9-15(2)11-20(18)27-4)23-13-17-7-6-8-19(12-17)25-16(3)26/h6-12H,5,13-14H2,1-4H3,(H,25,26)(H2,22,23,24). The van der Waals surface area contributed by atoms with Crippen molar-refractivity contribution in [3.8, 4) is 0 Å². The molecule has 0 aliphatic rings.